The van der Waals surface area contributed by atoms with Crippen LogP contribution in [-0.4, -0.2) is 21.3 Å². The van der Waals surface area contributed by atoms with E-state index in [0.717, 1.165) is 29.4 Å². The molecule has 4 nitrogen and oxygen atoms in total. The molecule has 0 amide bonds. The lowest BCUT2D eigenvalue weighted by molar-refractivity contribution is 0.743. The Kier molecular flexibility index (Phi) is 4.59. The number of benzene rings is 1. The second kappa shape index (κ2) is 6.40. The lowest BCUT2D eigenvalue weighted by Crippen LogP contribution is -2.06. The first-order valence-electron chi connectivity index (χ1n) is 6.19. The van der Waals surface area contributed by atoms with Crippen LogP contribution in [0.4, 0.5) is 5.69 Å². The summed E-state index contributed by atoms with van der Waals surface area (Å²) in [4.78, 5) is 3.96. The van der Waals surface area contributed by atoms with Crippen molar-refractivity contribution in [3.05, 3.63) is 35.9 Å². The molecule has 0 saturated carbocycles. The molecule has 0 aliphatic heterocycles. The molecule has 1 aromatic heterocycles. The molecular weight excluding hydrogens is 248 g/mol. The number of halogens is 1. The van der Waals surface area contributed by atoms with Gasteiger partial charge in [0, 0.05) is 11.6 Å². The Bertz CT molecular complexity index is 482. The van der Waals surface area contributed by atoms with E-state index in [1.165, 1.54) is 19.2 Å². The average Bonchev–Trinajstić information content (AvgIpc) is 2.88. The minimum atomic E-state index is 0.719. The van der Waals surface area contributed by atoms with Gasteiger partial charge in [0.1, 0.15) is 12.7 Å². The summed E-state index contributed by atoms with van der Waals surface area (Å²) in [5, 5.41) is 8.27. The van der Waals surface area contributed by atoms with Crippen molar-refractivity contribution in [1.29, 1.82) is 0 Å². The summed E-state index contributed by atoms with van der Waals surface area (Å²) in [5.41, 5.74) is 1.96. The standard InChI is InChI=1S/C13H17ClN4/c1-2-3-4-7-16-12-8-11(14)5-6-13(12)18-10-15-9-17-18/h5-6,8-10,16H,2-4,7H2,1H3. The van der Waals surface area contributed by atoms with E-state index in [9.17, 15) is 0 Å². The van der Waals surface area contributed by atoms with Crippen LogP contribution in [-0.2, 0) is 0 Å². The van der Waals surface area contributed by atoms with E-state index in [2.05, 4.69) is 22.3 Å². The number of unbranched alkanes of at least 4 members (excludes halogenated alkanes) is 2. The summed E-state index contributed by atoms with van der Waals surface area (Å²) < 4.78 is 1.73. The fraction of sp³-hybridized carbons (Fsp3) is 0.385. The van der Waals surface area contributed by atoms with Crippen LogP contribution in [0.1, 0.15) is 26.2 Å². The molecule has 2 rings (SSSR count). The van der Waals surface area contributed by atoms with Crippen molar-refractivity contribution in [3.8, 4) is 5.69 Å². The Morgan fingerprint density at radius 2 is 2.22 bits per heavy atom. The number of hydrogen-bond donors (Lipinski definition) is 1. The number of anilines is 1. The van der Waals surface area contributed by atoms with Crippen LogP contribution in [0.5, 0.6) is 0 Å². The van der Waals surface area contributed by atoms with Crippen LogP contribution in [0, 0.1) is 0 Å². The Morgan fingerprint density at radius 1 is 1.33 bits per heavy atom. The summed E-state index contributed by atoms with van der Waals surface area (Å²) >= 11 is 6.03. The van der Waals surface area contributed by atoms with E-state index >= 15 is 0 Å². The predicted molar refractivity (Wildman–Crippen MR) is 74.4 cm³/mol. The Balaban J connectivity index is 2.14. The van der Waals surface area contributed by atoms with Crippen molar-refractivity contribution in [2.75, 3.05) is 11.9 Å². The van der Waals surface area contributed by atoms with Crippen LogP contribution >= 0.6 is 11.6 Å². The topological polar surface area (TPSA) is 42.7 Å². The Labute approximate surface area is 112 Å². The van der Waals surface area contributed by atoms with Crippen molar-refractivity contribution in [2.45, 2.75) is 26.2 Å². The van der Waals surface area contributed by atoms with E-state index in [1.807, 2.05) is 18.2 Å². The molecular formula is C13H17ClN4. The highest BCUT2D eigenvalue weighted by atomic mass is 35.5. The van der Waals surface area contributed by atoms with Crippen LogP contribution in [0.2, 0.25) is 5.02 Å². The maximum Gasteiger partial charge on any atom is 0.138 e. The number of hydrogen-bond acceptors (Lipinski definition) is 3. The molecule has 18 heavy (non-hydrogen) atoms. The van der Waals surface area contributed by atoms with Crippen LogP contribution in [0.3, 0.4) is 0 Å². The normalized spacial score (nSPS) is 10.6. The van der Waals surface area contributed by atoms with E-state index in [4.69, 9.17) is 11.6 Å². The molecule has 0 bridgehead atoms. The summed E-state index contributed by atoms with van der Waals surface area (Å²) in [6.45, 7) is 3.14. The lowest BCUT2D eigenvalue weighted by Gasteiger charge is -2.12. The first-order chi connectivity index (χ1) is 8.81. The smallest absolute Gasteiger partial charge is 0.138 e. The Hall–Kier alpha value is -1.55. The van der Waals surface area contributed by atoms with Crippen molar-refractivity contribution in [3.63, 3.8) is 0 Å². The predicted octanol–water partition coefficient (Wildman–Crippen LogP) is 3.52. The fourth-order valence-electron chi connectivity index (χ4n) is 1.78. The van der Waals surface area contributed by atoms with Crippen molar-refractivity contribution < 1.29 is 0 Å². The van der Waals surface area contributed by atoms with Gasteiger partial charge in [0.25, 0.3) is 0 Å². The number of nitrogens with one attached hydrogen (secondary N) is 1. The zero-order valence-corrected chi connectivity index (χ0v) is 11.2. The van der Waals surface area contributed by atoms with Crippen LogP contribution in [0.25, 0.3) is 5.69 Å². The quantitative estimate of drug-likeness (QED) is 0.812. The van der Waals surface area contributed by atoms with Gasteiger partial charge in [0.15, 0.2) is 0 Å². The van der Waals surface area contributed by atoms with Crippen molar-refractivity contribution >= 4 is 17.3 Å². The molecule has 0 spiro atoms. The highest BCUT2D eigenvalue weighted by Crippen LogP contribution is 2.23. The molecule has 1 heterocycles. The van der Waals surface area contributed by atoms with Crippen molar-refractivity contribution in [1.82, 2.24) is 14.8 Å². The van der Waals surface area contributed by atoms with Gasteiger partial charge >= 0.3 is 0 Å². The largest absolute Gasteiger partial charge is 0.383 e. The van der Waals surface area contributed by atoms with Gasteiger partial charge in [-0.15, -0.1) is 0 Å². The molecule has 0 atom stereocenters. The van der Waals surface area contributed by atoms with E-state index in [-0.39, 0.29) is 0 Å². The highest BCUT2D eigenvalue weighted by molar-refractivity contribution is 6.31. The van der Waals surface area contributed by atoms with Crippen molar-refractivity contribution in [2.24, 2.45) is 0 Å². The van der Waals surface area contributed by atoms with Gasteiger partial charge in [-0.2, -0.15) is 5.10 Å². The minimum Gasteiger partial charge on any atom is -0.383 e. The molecule has 0 unspecified atom stereocenters. The third-order valence-electron chi connectivity index (χ3n) is 2.72. The van der Waals surface area contributed by atoms with Gasteiger partial charge in [-0.1, -0.05) is 31.4 Å². The first kappa shape index (κ1) is 12.9. The summed E-state index contributed by atoms with van der Waals surface area (Å²) in [6.07, 6.45) is 6.80. The van der Waals surface area contributed by atoms with E-state index < -0.39 is 0 Å². The van der Waals surface area contributed by atoms with Crippen LogP contribution in [0.15, 0.2) is 30.9 Å². The molecule has 0 aliphatic carbocycles. The lowest BCUT2D eigenvalue weighted by atomic mass is 10.2. The third-order valence-corrected chi connectivity index (χ3v) is 2.96. The van der Waals surface area contributed by atoms with Gasteiger partial charge in [-0.05, 0) is 24.6 Å². The average molecular weight is 265 g/mol. The minimum absolute atomic E-state index is 0.719. The molecule has 5 heteroatoms. The summed E-state index contributed by atoms with van der Waals surface area (Å²) in [7, 11) is 0. The maximum atomic E-state index is 6.03. The third kappa shape index (κ3) is 3.23. The van der Waals surface area contributed by atoms with Gasteiger partial charge in [-0.25, -0.2) is 9.67 Å². The molecule has 1 aromatic carbocycles. The van der Waals surface area contributed by atoms with Gasteiger partial charge in [-0.3, -0.25) is 0 Å². The van der Waals surface area contributed by atoms with Gasteiger partial charge in [0.2, 0.25) is 0 Å². The second-order valence-corrected chi connectivity index (χ2v) is 4.57. The number of aromatic nitrogens is 3. The SMILES string of the molecule is CCCCCNc1cc(Cl)ccc1-n1cncn1. The van der Waals surface area contributed by atoms with E-state index in [1.54, 1.807) is 11.0 Å². The molecule has 2 aromatic rings. The monoisotopic (exact) mass is 264 g/mol. The molecule has 0 saturated heterocycles. The number of nitrogens with zero attached hydrogens (tertiary/aromatic N) is 3. The highest BCUT2D eigenvalue weighted by Gasteiger charge is 2.05. The second-order valence-electron chi connectivity index (χ2n) is 4.14. The summed E-state index contributed by atoms with van der Waals surface area (Å²) in [6, 6.07) is 5.72. The molecule has 0 aliphatic rings. The van der Waals surface area contributed by atoms with Gasteiger partial charge in [0.05, 0.1) is 11.4 Å². The summed E-state index contributed by atoms with van der Waals surface area (Å²) in [5.74, 6) is 0. The molecule has 0 radical (unpaired) electrons. The fourth-order valence-corrected chi connectivity index (χ4v) is 1.95. The molecule has 0 fully saturated rings. The van der Waals surface area contributed by atoms with Crippen LogP contribution < -0.4 is 5.32 Å². The number of rotatable bonds is 6. The maximum absolute atomic E-state index is 6.03. The zero-order chi connectivity index (χ0) is 12.8. The molecule has 96 valence electrons. The molecule has 1 N–H and O–H groups in total. The van der Waals surface area contributed by atoms with E-state index in [0.29, 0.717) is 0 Å². The first-order valence-corrected chi connectivity index (χ1v) is 6.57. The van der Waals surface area contributed by atoms with Gasteiger partial charge < -0.3 is 5.32 Å². The zero-order valence-electron chi connectivity index (χ0n) is 10.4. The Morgan fingerprint density at radius 3 is 2.94 bits per heavy atom.